The van der Waals surface area contributed by atoms with Crippen LogP contribution in [0.15, 0.2) is 97.1 Å². The molecule has 0 atom stereocenters. The van der Waals surface area contributed by atoms with Crippen molar-refractivity contribution in [2.24, 2.45) is 0 Å². The van der Waals surface area contributed by atoms with Crippen LogP contribution in [0.1, 0.15) is 18.4 Å². The number of nitrogens with two attached hydrogens (primary N) is 2. The second-order valence-electron chi connectivity index (χ2n) is 16.5. The van der Waals surface area contributed by atoms with Crippen molar-refractivity contribution >= 4 is 75.1 Å². The van der Waals surface area contributed by atoms with Crippen molar-refractivity contribution in [2.75, 3.05) is 85.5 Å². The molecule has 2 saturated heterocycles. The van der Waals surface area contributed by atoms with Crippen molar-refractivity contribution in [1.82, 2.24) is 49.7 Å². The molecule has 0 unspecified atom stereocenters. The Labute approximate surface area is 399 Å². The fraction of sp³-hybridized carbons (Fsp3) is 0.250. The van der Waals surface area contributed by atoms with Crippen LogP contribution in [0.2, 0.25) is 5.02 Å². The number of fused-ring (bicyclic) bond motifs is 2. The third-order valence-corrected chi connectivity index (χ3v) is 11.9. The zero-order valence-electron chi connectivity index (χ0n) is 37.5. The van der Waals surface area contributed by atoms with Crippen molar-refractivity contribution in [2.45, 2.75) is 19.8 Å². The lowest BCUT2D eigenvalue weighted by Gasteiger charge is -2.23. The maximum atomic E-state index is 13.3. The molecule has 0 spiro atoms. The number of hydrogen-bond donors (Lipinski definition) is 5. The number of aromatic amines is 2. The molecule has 0 radical (unpaired) electrons. The first-order valence-corrected chi connectivity index (χ1v) is 22.7. The van der Waals surface area contributed by atoms with Crippen LogP contribution < -0.4 is 31.3 Å². The Balaban J connectivity index is 0.000000172. The van der Waals surface area contributed by atoms with Crippen molar-refractivity contribution in [1.29, 1.82) is 0 Å². The van der Waals surface area contributed by atoms with Gasteiger partial charge in [0.2, 0.25) is 11.9 Å². The first kappa shape index (κ1) is 46.0. The van der Waals surface area contributed by atoms with E-state index in [1.807, 2.05) is 31.2 Å². The van der Waals surface area contributed by atoms with Crippen LogP contribution in [-0.2, 0) is 4.79 Å². The van der Waals surface area contributed by atoms with Crippen LogP contribution in [0.4, 0.5) is 42.8 Å². The van der Waals surface area contributed by atoms with E-state index in [4.69, 9.17) is 27.8 Å². The fourth-order valence-electron chi connectivity index (χ4n) is 8.15. The first-order chi connectivity index (χ1) is 33.4. The largest absolute Gasteiger partial charge is 0.484 e. The number of imidazole rings is 2. The number of benzene rings is 4. The highest BCUT2D eigenvalue weighted by Crippen LogP contribution is 2.30. The molecule has 2 aliphatic heterocycles. The molecular weight excluding hydrogens is 908 g/mol. The zero-order chi connectivity index (χ0) is 48.0. The molecule has 2 aliphatic rings. The number of aromatic nitrogens is 8. The number of nitrogens with one attached hydrogen (secondary N) is 3. The van der Waals surface area contributed by atoms with Crippen molar-refractivity contribution in [3.63, 3.8) is 0 Å². The van der Waals surface area contributed by atoms with Gasteiger partial charge in [-0.2, -0.15) is 19.9 Å². The number of nitrogen functional groups attached to an aromatic ring is 2. The van der Waals surface area contributed by atoms with E-state index < -0.39 is 0 Å². The summed E-state index contributed by atoms with van der Waals surface area (Å²) in [6.45, 7) is 6.73. The lowest BCUT2D eigenvalue weighted by atomic mass is 10.2. The van der Waals surface area contributed by atoms with Crippen molar-refractivity contribution in [3.8, 4) is 28.5 Å². The summed E-state index contributed by atoms with van der Waals surface area (Å²) in [6, 6.07) is 26.6. The van der Waals surface area contributed by atoms with Crippen LogP contribution >= 0.6 is 11.6 Å². The number of anilines is 5. The number of H-pyrrole nitrogens is 2. The second kappa shape index (κ2) is 20.4. The number of carbonyl (C=O) groups is 2. The van der Waals surface area contributed by atoms with Gasteiger partial charge in [0.05, 0.1) is 0 Å². The van der Waals surface area contributed by atoms with Gasteiger partial charge < -0.3 is 51.1 Å². The van der Waals surface area contributed by atoms with Gasteiger partial charge in [-0.3, -0.25) is 4.79 Å². The van der Waals surface area contributed by atoms with Gasteiger partial charge in [-0.15, -0.1) is 0 Å². The highest BCUT2D eigenvalue weighted by molar-refractivity contribution is 6.30. The van der Waals surface area contributed by atoms with Gasteiger partial charge in [0.1, 0.15) is 40.1 Å². The van der Waals surface area contributed by atoms with E-state index in [0.717, 1.165) is 35.2 Å². The van der Waals surface area contributed by atoms with Crippen molar-refractivity contribution in [3.05, 3.63) is 119 Å². The number of aryl methyl sites for hydroxylation is 1. The summed E-state index contributed by atoms with van der Waals surface area (Å²) in [5.41, 5.74) is 17.5. The summed E-state index contributed by atoms with van der Waals surface area (Å²) < 4.78 is 32.3. The maximum absolute atomic E-state index is 13.3. The zero-order valence-corrected chi connectivity index (χ0v) is 38.3. The van der Waals surface area contributed by atoms with Gasteiger partial charge in [-0.25, -0.2) is 23.5 Å². The number of urea groups is 1. The molecular formula is C48H48ClF2N15O3. The quantitative estimate of drug-likeness (QED) is 0.101. The third-order valence-electron chi connectivity index (χ3n) is 11.6. The second-order valence-corrected chi connectivity index (χ2v) is 16.9. The molecule has 2 fully saturated rings. The van der Waals surface area contributed by atoms with Crippen molar-refractivity contribution < 1.29 is 23.1 Å². The number of halogens is 3. The van der Waals surface area contributed by atoms with Crippen LogP contribution in [0, 0.1) is 18.6 Å². The number of carbonyl (C=O) groups excluding carboxylic acids is 2. The highest BCUT2D eigenvalue weighted by atomic mass is 35.5. The molecule has 6 heterocycles. The molecule has 18 nitrogen and oxygen atoms in total. The molecule has 4 aromatic carbocycles. The minimum Gasteiger partial charge on any atom is -0.484 e. The average Bonchev–Trinajstić information content (AvgIpc) is 3.76. The summed E-state index contributed by atoms with van der Waals surface area (Å²) in [4.78, 5) is 66.4. The molecule has 0 aliphatic carbocycles. The number of rotatable bonds is 8. The average molecular weight is 956 g/mol. The van der Waals surface area contributed by atoms with Gasteiger partial charge in [0.15, 0.2) is 29.5 Å². The van der Waals surface area contributed by atoms with Crippen LogP contribution in [0.5, 0.6) is 5.75 Å². The van der Waals surface area contributed by atoms with Gasteiger partial charge in [-0.05, 0) is 110 Å². The van der Waals surface area contributed by atoms with E-state index in [9.17, 15) is 18.4 Å². The minimum absolute atomic E-state index is 0.0477. The monoisotopic (exact) mass is 955 g/mol. The van der Waals surface area contributed by atoms with Crippen LogP contribution in [0.25, 0.3) is 45.1 Å². The van der Waals surface area contributed by atoms with Crippen LogP contribution in [-0.4, -0.2) is 121 Å². The van der Waals surface area contributed by atoms with Gasteiger partial charge >= 0.3 is 6.03 Å². The lowest BCUT2D eigenvalue weighted by Crippen LogP contribution is -2.38. The van der Waals surface area contributed by atoms with E-state index in [2.05, 4.69) is 55.0 Å². The highest BCUT2D eigenvalue weighted by Gasteiger charge is 2.26. The van der Waals surface area contributed by atoms with Crippen LogP contribution in [0.3, 0.4) is 0 Å². The topological polar surface area (TPSA) is 229 Å². The van der Waals surface area contributed by atoms with Gasteiger partial charge in [0, 0.05) is 74.2 Å². The molecule has 0 saturated carbocycles. The lowest BCUT2D eigenvalue weighted by molar-refractivity contribution is -0.133. The molecule has 354 valence electrons. The fourth-order valence-corrected chi connectivity index (χ4v) is 8.27. The van der Waals surface area contributed by atoms with Gasteiger partial charge in [0.25, 0.3) is 5.91 Å². The summed E-state index contributed by atoms with van der Waals surface area (Å²) in [5, 5.41) is 3.59. The first-order valence-electron chi connectivity index (χ1n) is 22.3. The number of ether oxygens (including phenoxy) is 1. The molecule has 3 amide bonds. The van der Waals surface area contributed by atoms with E-state index >= 15 is 0 Å². The van der Waals surface area contributed by atoms with Gasteiger partial charge in [-0.1, -0.05) is 23.7 Å². The Morgan fingerprint density at radius 2 is 1.17 bits per heavy atom. The third kappa shape index (κ3) is 11.0. The number of amides is 3. The predicted molar refractivity (Wildman–Crippen MR) is 262 cm³/mol. The standard InChI is InChI=1S/C24H23ClFN7O2.C24H25FN8O/c25-16-4-8-18(9-5-16)35-14-19(34)32-10-1-11-33(13-12-32)23-20-22(30-24(27)31-23)29-21(28-20)15-2-6-17(26)7-3-15;1-15-4-2-5-18(14-15)27-24(34)33-11-3-10-32(12-13-33)22-19-21(30-23(26)31-22)29-20(28-19)16-6-8-17(25)9-7-16/h2-9H,1,10-14H2,(H3,27,28,29,30,31);2,4-9,14H,3,10-13H2,1H3,(H,27,34)(H3,26,28,29,30,31). The Morgan fingerprint density at radius 1 is 0.652 bits per heavy atom. The smallest absolute Gasteiger partial charge is 0.321 e. The number of nitrogens with zero attached hydrogens (tertiary/aromatic N) is 10. The molecule has 4 aromatic heterocycles. The summed E-state index contributed by atoms with van der Waals surface area (Å²) in [5.74, 6) is 2.48. The molecule has 21 heteroatoms. The molecule has 7 N–H and O–H groups in total. The summed E-state index contributed by atoms with van der Waals surface area (Å²) >= 11 is 5.89. The SMILES string of the molecule is Cc1cccc(NC(=O)N2CCCN(c3nc(N)nc4nc(-c5ccc(F)cc5)[nH]c34)CC2)c1.Nc1nc(N2CCCN(C(=O)COc3ccc(Cl)cc3)CC2)c2[nH]c(-c3ccc(F)cc3)nc2n1. The van der Waals surface area contributed by atoms with E-state index in [-0.39, 0.29) is 42.1 Å². The normalized spacial score (nSPS) is 14.3. The van der Waals surface area contributed by atoms with E-state index in [1.165, 1.54) is 24.3 Å². The Bertz CT molecular complexity index is 3100. The summed E-state index contributed by atoms with van der Waals surface area (Å²) in [6.07, 6.45) is 1.52. The summed E-state index contributed by atoms with van der Waals surface area (Å²) in [7, 11) is 0. The Morgan fingerprint density at radius 3 is 1.71 bits per heavy atom. The molecule has 69 heavy (non-hydrogen) atoms. The molecule has 8 aromatic rings. The molecule has 0 bridgehead atoms. The Kier molecular flexibility index (Phi) is 13.6. The van der Waals surface area contributed by atoms with E-state index in [0.29, 0.717) is 109 Å². The number of hydrogen-bond acceptors (Lipinski definition) is 13. The van der Waals surface area contributed by atoms with E-state index in [1.54, 1.807) is 58.3 Å². The Hall–Kier alpha value is -8.13. The maximum Gasteiger partial charge on any atom is 0.321 e. The predicted octanol–water partition coefficient (Wildman–Crippen LogP) is 7.31. The molecule has 10 rings (SSSR count). The minimum atomic E-state index is -0.322.